The maximum atomic E-state index is 9.88. The maximum Gasteiger partial charge on any atom is 0.214 e. The van der Waals surface area contributed by atoms with E-state index in [4.69, 9.17) is 0 Å². The Morgan fingerprint density at radius 2 is 2.22 bits per heavy atom. The van der Waals surface area contributed by atoms with Crippen molar-refractivity contribution in [2.75, 3.05) is 13.7 Å². The molecule has 0 saturated carbocycles. The molecule has 0 heterocycles. The summed E-state index contributed by atoms with van der Waals surface area (Å²) < 4.78 is 8.98. The second-order valence-corrected chi connectivity index (χ2v) is 1.24. The predicted octanol–water partition coefficient (Wildman–Crippen LogP) is -0.627. The molecule has 0 fully saturated rings. The number of methoxy groups -OCH3 is 1. The van der Waals surface area contributed by atoms with Crippen molar-refractivity contribution in [1.29, 1.82) is 0 Å². The molecule has 0 aromatic rings. The van der Waals surface area contributed by atoms with Crippen molar-refractivity contribution < 1.29 is 19.1 Å². The lowest BCUT2D eigenvalue weighted by Gasteiger charge is -2.04. The van der Waals surface area contributed by atoms with Crippen LogP contribution in [0.5, 0.6) is 0 Å². The van der Waals surface area contributed by atoms with Crippen LogP contribution in [0.1, 0.15) is 0 Å². The summed E-state index contributed by atoms with van der Waals surface area (Å²) in [5.74, 6) is 0. The van der Waals surface area contributed by atoms with Crippen molar-refractivity contribution in [3.63, 3.8) is 0 Å². The Kier molecular flexibility index (Phi) is 4.95. The van der Waals surface area contributed by atoms with Gasteiger partial charge in [0.1, 0.15) is 12.9 Å². The van der Waals surface area contributed by atoms with Gasteiger partial charge < -0.3 is 14.3 Å². The van der Waals surface area contributed by atoms with E-state index in [1.165, 1.54) is 7.11 Å². The van der Waals surface area contributed by atoms with Gasteiger partial charge in [-0.25, -0.2) is 0 Å². The Labute approximate surface area is 52.7 Å². The summed E-state index contributed by atoms with van der Waals surface area (Å²) in [5.41, 5.74) is 0. The lowest BCUT2D eigenvalue weighted by atomic mass is 10.7. The molecule has 0 rings (SSSR count). The number of aldehydes is 2. The number of carbonyl (C=O) groups excluding carboxylic acids is 2. The Balaban J connectivity index is 3.30. The van der Waals surface area contributed by atoms with E-state index in [0.717, 1.165) is 0 Å². The van der Waals surface area contributed by atoms with Crippen LogP contribution in [0.2, 0.25) is 0 Å². The molecule has 4 nitrogen and oxygen atoms in total. The third kappa shape index (κ3) is 3.81. The van der Waals surface area contributed by atoms with Gasteiger partial charge in [0.15, 0.2) is 6.29 Å². The number of hydrogen-bond donors (Lipinski definition) is 0. The van der Waals surface area contributed by atoms with Gasteiger partial charge in [-0.2, -0.15) is 0 Å². The SMILES string of the molecule is CO[C@@H](C=O)OCC=O. The zero-order valence-corrected chi connectivity index (χ0v) is 5.07. The number of hydrogen-bond acceptors (Lipinski definition) is 4. The zero-order valence-electron chi connectivity index (χ0n) is 5.07. The van der Waals surface area contributed by atoms with Gasteiger partial charge in [0.25, 0.3) is 0 Å². The van der Waals surface area contributed by atoms with Gasteiger partial charge >= 0.3 is 0 Å². The largest absolute Gasteiger partial charge is 0.350 e. The summed E-state index contributed by atoms with van der Waals surface area (Å²) in [6.07, 6.45) is 0.120. The van der Waals surface area contributed by atoms with E-state index in [9.17, 15) is 9.59 Å². The van der Waals surface area contributed by atoms with Crippen LogP contribution >= 0.6 is 0 Å². The van der Waals surface area contributed by atoms with Crippen LogP contribution in [0, 0.1) is 0 Å². The number of rotatable bonds is 5. The molecular weight excluding hydrogens is 124 g/mol. The lowest BCUT2D eigenvalue weighted by Crippen LogP contribution is -2.17. The summed E-state index contributed by atoms with van der Waals surface area (Å²) in [6, 6.07) is 0. The first-order valence-electron chi connectivity index (χ1n) is 2.38. The fraction of sp³-hybridized carbons (Fsp3) is 0.600. The normalized spacial score (nSPS) is 12.6. The van der Waals surface area contributed by atoms with E-state index in [-0.39, 0.29) is 6.61 Å². The number of carbonyl (C=O) groups is 2. The third-order valence-electron chi connectivity index (χ3n) is 0.672. The third-order valence-corrected chi connectivity index (χ3v) is 0.672. The first-order valence-corrected chi connectivity index (χ1v) is 2.38. The molecule has 0 spiro atoms. The van der Waals surface area contributed by atoms with Crippen LogP contribution in [0.3, 0.4) is 0 Å². The number of ether oxygens (including phenoxy) is 2. The molecule has 0 aliphatic rings. The van der Waals surface area contributed by atoms with Crippen LogP contribution < -0.4 is 0 Å². The van der Waals surface area contributed by atoms with Crippen molar-refractivity contribution in [2.24, 2.45) is 0 Å². The van der Waals surface area contributed by atoms with Crippen molar-refractivity contribution in [1.82, 2.24) is 0 Å². The van der Waals surface area contributed by atoms with E-state index in [1.807, 2.05) is 0 Å². The quantitative estimate of drug-likeness (QED) is 0.369. The van der Waals surface area contributed by atoms with Gasteiger partial charge in [-0.15, -0.1) is 0 Å². The van der Waals surface area contributed by atoms with Gasteiger partial charge in [0.2, 0.25) is 6.29 Å². The van der Waals surface area contributed by atoms with Gasteiger partial charge in [-0.3, -0.25) is 4.79 Å². The molecule has 0 aliphatic carbocycles. The summed E-state index contributed by atoms with van der Waals surface area (Å²) in [6.45, 7) is -0.114. The van der Waals surface area contributed by atoms with Crippen LogP contribution in [0.4, 0.5) is 0 Å². The van der Waals surface area contributed by atoms with E-state index in [0.29, 0.717) is 12.6 Å². The molecule has 4 heteroatoms. The molecule has 0 amide bonds. The van der Waals surface area contributed by atoms with Gasteiger partial charge in [0.05, 0.1) is 0 Å². The van der Waals surface area contributed by atoms with Crippen LogP contribution in [-0.2, 0) is 19.1 Å². The van der Waals surface area contributed by atoms with Crippen LogP contribution in [0.15, 0.2) is 0 Å². The molecule has 0 aromatic heterocycles. The summed E-state index contributed by atoms with van der Waals surface area (Å²) in [5, 5.41) is 0. The fourth-order valence-electron chi connectivity index (χ4n) is 0.297. The summed E-state index contributed by atoms with van der Waals surface area (Å²) in [4.78, 5) is 19.5. The van der Waals surface area contributed by atoms with E-state index < -0.39 is 6.29 Å². The molecule has 52 valence electrons. The summed E-state index contributed by atoms with van der Waals surface area (Å²) >= 11 is 0. The molecule has 0 N–H and O–H groups in total. The average Bonchev–Trinajstić information content (AvgIpc) is 1.91. The Bertz CT molecular complexity index is 91.0. The van der Waals surface area contributed by atoms with Crippen LogP contribution in [-0.4, -0.2) is 32.6 Å². The van der Waals surface area contributed by atoms with Crippen molar-refractivity contribution >= 4 is 12.6 Å². The highest BCUT2D eigenvalue weighted by atomic mass is 16.7. The van der Waals surface area contributed by atoms with E-state index in [1.54, 1.807) is 0 Å². The van der Waals surface area contributed by atoms with Gasteiger partial charge in [-0.05, 0) is 0 Å². The lowest BCUT2D eigenvalue weighted by molar-refractivity contribution is -0.151. The highest BCUT2D eigenvalue weighted by Gasteiger charge is 2.01. The maximum absolute atomic E-state index is 9.88. The Hall–Kier alpha value is -0.740. The van der Waals surface area contributed by atoms with Gasteiger partial charge in [0, 0.05) is 7.11 Å². The molecule has 0 saturated heterocycles. The average molecular weight is 132 g/mol. The second-order valence-electron chi connectivity index (χ2n) is 1.24. The Morgan fingerprint density at radius 1 is 1.56 bits per heavy atom. The molecular formula is C5H8O4. The van der Waals surface area contributed by atoms with Crippen molar-refractivity contribution in [3.8, 4) is 0 Å². The fourth-order valence-corrected chi connectivity index (χ4v) is 0.297. The van der Waals surface area contributed by atoms with Crippen molar-refractivity contribution in [2.45, 2.75) is 6.29 Å². The molecule has 0 aliphatic heterocycles. The minimum absolute atomic E-state index is 0.114. The zero-order chi connectivity index (χ0) is 7.11. The first kappa shape index (κ1) is 8.26. The van der Waals surface area contributed by atoms with Gasteiger partial charge in [-0.1, -0.05) is 0 Å². The molecule has 0 unspecified atom stereocenters. The standard InChI is InChI=1S/C5H8O4/c1-8-5(4-7)9-3-2-6/h2,4-5H,3H2,1H3/t5-/m1/s1. The topological polar surface area (TPSA) is 52.6 Å². The second kappa shape index (κ2) is 5.40. The highest BCUT2D eigenvalue weighted by Crippen LogP contribution is 1.84. The monoisotopic (exact) mass is 132 g/mol. The molecule has 9 heavy (non-hydrogen) atoms. The minimum atomic E-state index is -0.907. The smallest absolute Gasteiger partial charge is 0.214 e. The molecule has 0 aromatic carbocycles. The summed E-state index contributed by atoms with van der Waals surface area (Å²) in [7, 11) is 1.32. The van der Waals surface area contributed by atoms with E-state index >= 15 is 0 Å². The highest BCUT2D eigenvalue weighted by molar-refractivity contribution is 5.55. The van der Waals surface area contributed by atoms with E-state index in [2.05, 4.69) is 9.47 Å². The first-order chi connectivity index (χ1) is 4.35. The van der Waals surface area contributed by atoms with Crippen LogP contribution in [0.25, 0.3) is 0 Å². The van der Waals surface area contributed by atoms with Crippen molar-refractivity contribution in [3.05, 3.63) is 0 Å². The Morgan fingerprint density at radius 3 is 2.56 bits per heavy atom. The minimum Gasteiger partial charge on any atom is -0.350 e. The molecule has 0 radical (unpaired) electrons. The predicted molar refractivity (Wildman–Crippen MR) is 28.9 cm³/mol. The molecule has 0 bridgehead atoms. The molecule has 1 atom stereocenters.